The zero-order chi connectivity index (χ0) is 17.0. The molecule has 1 atom stereocenters. The largest absolute Gasteiger partial charge is 0.356 e. The molecule has 2 amide bonds. The van der Waals surface area contributed by atoms with Crippen molar-refractivity contribution in [1.29, 1.82) is 0 Å². The van der Waals surface area contributed by atoms with E-state index in [4.69, 9.17) is 0 Å². The van der Waals surface area contributed by atoms with Gasteiger partial charge in [-0.05, 0) is 49.9 Å². The average molecular weight is 333 g/mol. The van der Waals surface area contributed by atoms with E-state index in [9.17, 15) is 14.0 Å². The fourth-order valence-corrected chi connectivity index (χ4v) is 3.67. The molecule has 1 aromatic carbocycles. The molecule has 2 saturated heterocycles. The summed E-state index contributed by atoms with van der Waals surface area (Å²) in [6.07, 6.45) is 3.45. The van der Waals surface area contributed by atoms with Crippen LogP contribution in [0.15, 0.2) is 24.3 Å². The maximum atomic E-state index is 12.8. The van der Waals surface area contributed by atoms with E-state index < -0.39 is 0 Å². The third kappa shape index (κ3) is 3.93. The predicted octanol–water partition coefficient (Wildman–Crippen LogP) is 1.09. The van der Waals surface area contributed by atoms with Crippen LogP contribution in [-0.4, -0.2) is 49.4 Å². The summed E-state index contributed by atoms with van der Waals surface area (Å²) in [5.41, 5.74) is 0.711. The summed E-state index contributed by atoms with van der Waals surface area (Å²) in [7, 11) is 0. The molecule has 24 heavy (non-hydrogen) atoms. The smallest absolute Gasteiger partial charge is 0.234 e. The Balaban J connectivity index is 1.41. The molecular weight excluding hydrogens is 309 g/mol. The Kier molecular flexibility index (Phi) is 5.14. The molecule has 6 heteroatoms. The standard InChI is InChI=1S/C18H24FN3O2/c19-15-4-2-14(3-5-15)6-10-20-16(23)12-22-11-8-18(13-22)7-1-9-21-17(18)24/h2-5H,1,6-13H2,(H,20,23)(H,21,24)/t18-/m1/s1. The van der Waals surface area contributed by atoms with Gasteiger partial charge in [-0.1, -0.05) is 12.1 Å². The first-order valence-electron chi connectivity index (χ1n) is 8.59. The average Bonchev–Trinajstić information content (AvgIpc) is 2.96. The van der Waals surface area contributed by atoms with Crippen LogP contribution >= 0.6 is 0 Å². The first-order chi connectivity index (χ1) is 11.6. The van der Waals surface area contributed by atoms with Gasteiger partial charge in [0.05, 0.1) is 12.0 Å². The Bertz CT molecular complexity index is 605. The maximum absolute atomic E-state index is 12.8. The molecule has 1 spiro atoms. The minimum atomic E-state index is -0.285. The number of carbonyl (C=O) groups excluding carboxylic acids is 2. The van der Waals surface area contributed by atoms with Crippen LogP contribution in [0, 0.1) is 11.2 Å². The van der Waals surface area contributed by atoms with E-state index in [1.165, 1.54) is 12.1 Å². The van der Waals surface area contributed by atoms with Gasteiger partial charge in [-0.15, -0.1) is 0 Å². The Labute approximate surface area is 141 Å². The third-order valence-electron chi connectivity index (χ3n) is 5.05. The molecule has 2 aliphatic rings. The molecule has 0 bridgehead atoms. The summed E-state index contributed by atoms with van der Waals surface area (Å²) in [4.78, 5) is 26.3. The van der Waals surface area contributed by atoms with Crippen molar-refractivity contribution in [3.63, 3.8) is 0 Å². The van der Waals surface area contributed by atoms with Gasteiger partial charge in [0, 0.05) is 19.6 Å². The fraction of sp³-hybridized carbons (Fsp3) is 0.556. The van der Waals surface area contributed by atoms with Crippen molar-refractivity contribution in [2.24, 2.45) is 5.41 Å². The van der Waals surface area contributed by atoms with Gasteiger partial charge in [0.2, 0.25) is 11.8 Å². The van der Waals surface area contributed by atoms with Gasteiger partial charge in [0.25, 0.3) is 0 Å². The number of likely N-dealkylation sites (tertiary alicyclic amines) is 1. The summed E-state index contributed by atoms with van der Waals surface area (Å²) in [6, 6.07) is 6.31. The minimum absolute atomic E-state index is 0.0228. The lowest BCUT2D eigenvalue weighted by Gasteiger charge is -2.32. The van der Waals surface area contributed by atoms with Gasteiger partial charge in [-0.3, -0.25) is 14.5 Å². The fourth-order valence-electron chi connectivity index (χ4n) is 3.67. The second-order valence-corrected chi connectivity index (χ2v) is 6.83. The van der Waals surface area contributed by atoms with Crippen LogP contribution in [0.2, 0.25) is 0 Å². The van der Waals surface area contributed by atoms with Gasteiger partial charge >= 0.3 is 0 Å². The predicted molar refractivity (Wildman–Crippen MR) is 88.8 cm³/mol. The second-order valence-electron chi connectivity index (χ2n) is 6.83. The number of halogens is 1. The van der Waals surface area contributed by atoms with Crippen LogP contribution in [0.25, 0.3) is 0 Å². The molecule has 2 heterocycles. The SMILES string of the molecule is O=C(CN1CC[C@]2(CCCNC2=O)C1)NCCc1ccc(F)cc1. The van der Waals surface area contributed by atoms with Crippen molar-refractivity contribution in [3.05, 3.63) is 35.6 Å². The highest BCUT2D eigenvalue weighted by Gasteiger charge is 2.45. The Morgan fingerprint density at radius 3 is 2.83 bits per heavy atom. The van der Waals surface area contributed by atoms with E-state index >= 15 is 0 Å². The summed E-state index contributed by atoms with van der Waals surface area (Å²) < 4.78 is 12.8. The molecule has 0 aromatic heterocycles. The van der Waals surface area contributed by atoms with Crippen molar-refractivity contribution in [1.82, 2.24) is 15.5 Å². The summed E-state index contributed by atoms with van der Waals surface area (Å²) in [6.45, 7) is 3.09. The highest BCUT2D eigenvalue weighted by Crippen LogP contribution is 2.37. The quantitative estimate of drug-likeness (QED) is 0.848. The molecule has 5 nitrogen and oxygen atoms in total. The summed E-state index contributed by atoms with van der Waals surface area (Å²) in [5.74, 6) is -0.129. The molecule has 2 N–H and O–H groups in total. The number of nitrogens with zero attached hydrogens (tertiary/aromatic N) is 1. The molecule has 130 valence electrons. The zero-order valence-corrected chi connectivity index (χ0v) is 13.8. The number of benzene rings is 1. The lowest BCUT2D eigenvalue weighted by Crippen LogP contribution is -2.48. The number of rotatable bonds is 5. The molecule has 3 rings (SSSR count). The van der Waals surface area contributed by atoms with Gasteiger partial charge in [-0.25, -0.2) is 4.39 Å². The third-order valence-corrected chi connectivity index (χ3v) is 5.05. The molecular formula is C18H24FN3O2. The number of nitrogens with one attached hydrogen (secondary N) is 2. The topological polar surface area (TPSA) is 61.4 Å². The Morgan fingerprint density at radius 1 is 1.29 bits per heavy atom. The number of carbonyl (C=O) groups is 2. The first kappa shape index (κ1) is 16.9. The van der Waals surface area contributed by atoms with E-state index in [1.807, 2.05) is 0 Å². The maximum Gasteiger partial charge on any atom is 0.234 e. The van der Waals surface area contributed by atoms with Crippen LogP contribution < -0.4 is 10.6 Å². The van der Waals surface area contributed by atoms with Gasteiger partial charge in [-0.2, -0.15) is 0 Å². The Morgan fingerprint density at radius 2 is 2.08 bits per heavy atom. The van der Waals surface area contributed by atoms with Crippen LogP contribution in [0.4, 0.5) is 4.39 Å². The van der Waals surface area contributed by atoms with Gasteiger partial charge < -0.3 is 10.6 Å². The van der Waals surface area contributed by atoms with Crippen molar-refractivity contribution >= 4 is 11.8 Å². The highest BCUT2D eigenvalue weighted by atomic mass is 19.1. The van der Waals surface area contributed by atoms with Crippen LogP contribution in [0.1, 0.15) is 24.8 Å². The van der Waals surface area contributed by atoms with E-state index in [2.05, 4.69) is 15.5 Å². The highest BCUT2D eigenvalue weighted by molar-refractivity contribution is 5.84. The number of hydrogen-bond acceptors (Lipinski definition) is 3. The van der Waals surface area contributed by atoms with Crippen molar-refractivity contribution in [2.45, 2.75) is 25.7 Å². The van der Waals surface area contributed by atoms with Crippen molar-refractivity contribution in [3.8, 4) is 0 Å². The molecule has 2 aliphatic heterocycles. The molecule has 0 radical (unpaired) electrons. The number of hydrogen-bond donors (Lipinski definition) is 2. The van der Waals surface area contributed by atoms with E-state index in [0.717, 1.165) is 37.9 Å². The van der Waals surface area contributed by atoms with E-state index in [0.29, 0.717) is 26.1 Å². The van der Waals surface area contributed by atoms with Gasteiger partial charge in [0.15, 0.2) is 0 Å². The molecule has 2 fully saturated rings. The van der Waals surface area contributed by atoms with Crippen LogP contribution in [0.3, 0.4) is 0 Å². The molecule has 0 saturated carbocycles. The van der Waals surface area contributed by atoms with Crippen LogP contribution in [0.5, 0.6) is 0 Å². The van der Waals surface area contributed by atoms with Crippen LogP contribution in [-0.2, 0) is 16.0 Å². The zero-order valence-electron chi connectivity index (χ0n) is 13.8. The van der Waals surface area contributed by atoms with Crippen molar-refractivity contribution in [2.75, 3.05) is 32.7 Å². The minimum Gasteiger partial charge on any atom is -0.356 e. The summed E-state index contributed by atoms with van der Waals surface area (Å²) in [5, 5.41) is 5.85. The number of amides is 2. The monoisotopic (exact) mass is 333 g/mol. The van der Waals surface area contributed by atoms with E-state index in [1.54, 1.807) is 12.1 Å². The number of piperidine rings is 1. The lowest BCUT2D eigenvalue weighted by molar-refractivity contribution is -0.133. The van der Waals surface area contributed by atoms with Crippen molar-refractivity contribution < 1.29 is 14.0 Å². The molecule has 0 aliphatic carbocycles. The lowest BCUT2D eigenvalue weighted by atomic mass is 9.79. The molecule has 1 aromatic rings. The Hall–Kier alpha value is -1.95. The van der Waals surface area contributed by atoms with E-state index in [-0.39, 0.29) is 23.0 Å². The normalized spacial score (nSPS) is 24.1. The van der Waals surface area contributed by atoms with Gasteiger partial charge in [0.1, 0.15) is 5.82 Å². The first-order valence-corrected chi connectivity index (χ1v) is 8.59. The summed E-state index contributed by atoms with van der Waals surface area (Å²) >= 11 is 0. The molecule has 0 unspecified atom stereocenters. The second kappa shape index (κ2) is 7.30.